The van der Waals surface area contributed by atoms with Gasteiger partial charge < -0.3 is 15.0 Å². The molecule has 1 amide bonds. The van der Waals surface area contributed by atoms with Gasteiger partial charge in [-0.2, -0.15) is 11.8 Å². The number of halogens is 1. The van der Waals surface area contributed by atoms with Gasteiger partial charge in [0.25, 0.3) is 5.91 Å². The van der Waals surface area contributed by atoms with Crippen LogP contribution in [0.2, 0.25) is 0 Å². The Balaban J connectivity index is 1.74. The quantitative estimate of drug-likeness (QED) is 0.257. The summed E-state index contributed by atoms with van der Waals surface area (Å²) in [6, 6.07) is 14.3. The Morgan fingerprint density at radius 1 is 1.13 bits per heavy atom. The number of nitrogens with one attached hydrogen (secondary N) is 1. The van der Waals surface area contributed by atoms with Crippen LogP contribution in [0.3, 0.4) is 0 Å². The monoisotopic (exact) mass is 530 g/mol. The zero-order chi connectivity index (χ0) is 26.9. The molecule has 0 spiro atoms. The number of aliphatic carboxylic acids is 1. The summed E-state index contributed by atoms with van der Waals surface area (Å²) in [7, 11) is 0. The summed E-state index contributed by atoms with van der Waals surface area (Å²) in [6.07, 6.45) is 12.7. The molecule has 0 radical (unpaired) electrons. The Morgan fingerprint density at radius 3 is 2.61 bits per heavy atom. The number of rotatable bonds is 11. The predicted octanol–water partition coefficient (Wildman–Crippen LogP) is 5.26. The van der Waals surface area contributed by atoms with E-state index in [1.165, 1.54) is 23.9 Å². The summed E-state index contributed by atoms with van der Waals surface area (Å²) < 4.78 is 15.5. The molecule has 2 heterocycles. The molecule has 4 aromatic rings. The van der Waals surface area contributed by atoms with Gasteiger partial charge in [-0.1, -0.05) is 24.3 Å². The van der Waals surface area contributed by atoms with E-state index in [1.54, 1.807) is 49.2 Å². The first kappa shape index (κ1) is 26.8. The van der Waals surface area contributed by atoms with Crippen molar-refractivity contribution in [3.63, 3.8) is 0 Å². The highest BCUT2D eigenvalue weighted by atomic mass is 32.2. The molecular formula is C29H27FN4O3S. The Bertz CT molecular complexity index is 1410. The maximum Gasteiger partial charge on any atom is 0.326 e. The van der Waals surface area contributed by atoms with E-state index in [4.69, 9.17) is 0 Å². The lowest BCUT2D eigenvalue weighted by molar-refractivity contribution is -0.139. The van der Waals surface area contributed by atoms with Gasteiger partial charge in [0.15, 0.2) is 0 Å². The highest BCUT2D eigenvalue weighted by Gasteiger charge is 2.22. The number of hydrogen-bond donors (Lipinski definition) is 2. The number of aromatic nitrogens is 3. The third-order valence-electron chi connectivity index (χ3n) is 5.94. The zero-order valence-electron chi connectivity index (χ0n) is 20.8. The zero-order valence-corrected chi connectivity index (χ0v) is 21.6. The van der Waals surface area contributed by atoms with E-state index in [1.807, 2.05) is 41.3 Å². The Labute approximate surface area is 224 Å². The fourth-order valence-electron chi connectivity index (χ4n) is 4.00. The molecule has 1 atom stereocenters. The topological polar surface area (TPSA) is 97.1 Å². The number of amides is 1. The van der Waals surface area contributed by atoms with Crippen LogP contribution in [-0.2, 0) is 11.3 Å². The first-order chi connectivity index (χ1) is 18.4. The number of pyridine rings is 1. The van der Waals surface area contributed by atoms with Gasteiger partial charge in [0.1, 0.15) is 11.9 Å². The van der Waals surface area contributed by atoms with Crippen molar-refractivity contribution in [3.8, 4) is 11.1 Å². The van der Waals surface area contributed by atoms with E-state index in [0.717, 1.165) is 22.3 Å². The van der Waals surface area contributed by atoms with Gasteiger partial charge >= 0.3 is 5.97 Å². The SMILES string of the molecule is CSCC[C@H](NC(=O)c1ccc(/C=C(/Cn2ccnc2)c2ccc(F)cc2)cc1-c1cccnc1)C(=O)O. The summed E-state index contributed by atoms with van der Waals surface area (Å²) in [5, 5.41) is 12.2. The third kappa shape index (κ3) is 6.95. The standard InChI is InChI=1S/C29H27FN4O3S/c1-38-14-10-27(29(36)37)33-28(35)25-9-4-20(16-26(25)22-3-2-11-31-17-22)15-23(18-34-13-12-32-19-34)21-5-7-24(30)8-6-21/h2-9,11-13,15-17,19,27H,10,14,18H2,1H3,(H,33,35)(H,36,37)/b23-15-/t27-/m0/s1. The number of allylic oxidation sites excluding steroid dienone is 1. The maximum atomic E-state index is 13.6. The summed E-state index contributed by atoms with van der Waals surface area (Å²) in [5.74, 6) is -1.25. The van der Waals surface area contributed by atoms with Crippen LogP contribution >= 0.6 is 11.8 Å². The fourth-order valence-corrected chi connectivity index (χ4v) is 4.47. The van der Waals surface area contributed by atoms with E-state index >= 15 is 0 Å². The first-order valence-electron chi connectivity index (χ1n) is 11.9. The number of nitrogens with zero attached hydrogens (tertiary/aromatic N) is 3. The van der Waals surface area contributed by atoms with Crippen LogP contribution in [0.4, 0.5) is 4.39 Å². The van der Waals surface area contributed by atoms with Crippen LogP contribution in [0.25, 0.3) is 22.8 Å². The van der Waals surface area contributed by atoms with Crippen LogP contribution in [0, 0.1) is 5.82 Å². The van der Waals surface area contributed by atoms with Gasteiger partial charge in [-0.15, -0.1) is 0 Å². The van der Waals surface area contributed by atoms with E-state index in [0.29, 0.717) is 29.8 Å². The number of carbonyl (C=O) groups excluding carboxylic acids is 1. The molecule has 9 heteroatoms. The minimum absolute atomic E-state index is 0.317. The second-order valence-corrected chi connectivity index (χ2v) is 9.59. The molecule has 38 heavy (non-hydrogen) atoms. The maximum absolute atomic E-state index is 13.6. The van der Waals surface area contributed by atoms with Gasteiger partial charge in [-0.3, -0.25) is 9.78 Å². The second kappa shape index (κ2) is 12.8. The molecule has 0 aliphatic heterocycles. The number of carboxylic acids is 1. The molecule has 0 fully saturated rings. The number of imidazole rings is 1. The van der Waals surface area contributed by atoms with Gasteiger partial charge in [0, 0.05) is 42.5 Å². The number of thioether (sulfide) groups is 1. The normalized spacial score (nSPS) is 12.2. The molecule has 0 unspecified atom stereocenters. The Morgan fingerprint density at radius 2 is 1.95 bits per heavy atom. The smallest absolute Gasteiger partial charge is 0.326 e. The lowest BCUT2D eigenvalue weighted by atomic mass is 9.95. The average molecular weight is 531 g/mol. The van der Waals surface area contributed by atoms with Crippen molar-refractivity contribution in [3.05, 3.63) is 108 Å². The molecule has 0 bridgehead atoms. The van der Waals surface area contributed by atoms with Crippen molar-refractivity contribution < 1.29 is 19.1 Å². The molecule has 0 saturated carbocycles. The van der Waals surface area contributed by atoms with Crippen molar-refractivity contribution in [2.45, 2.75) is 19.0 Å². The van der Waals surface area contributed by atoms with Crippen molar-refractivity contribution in [2.24, 2.45) is 0 Å². The van der Waals surface area contributed by atoms with E-state index in [-0.39, 0.29) is 5.82 Å². The molecule has 0 aliphatic rings. The van der Waals surface area contributed by atoms with Crippen LogP contribution in [0.5, 0.6) is 0 Å². The van der Waals surface area contributed by atoms with Crippen LogP contribution in [0.1, 0.15) is 27.9 Å². The van der Waals surface area contributed by atoms with Gasteiger partial charge in [0.2, 0.25) is 0 Å². The summed E-state index contributed by atoms with van der Waals surface area (Å²) >= 11 is 1.52. The van der Waals surface area contributed by atoms with Crippen LogP contribution < -0.4 is 5.32 Å². The number of hydrogen-bond acceptors (Lipinski definition) is 5. The fraction of sp³-hybridized carbons (Fsp3) is 0.172. The summed E-state index contributed by atoms with van der Waals surface area (Å²) in [5.41, 5.74) is 4.28. The summed E-state index contributed by atoms with van der Waals surface area (Å²) in [6.45, 7) is 0.506. The summed E-state index contributed by atoms with van der Waals surface area (Å²) in [4.78, 5) is 33.3. The largest absolute Gasteiger partial charge is 0.480 e. The van der Waals surface area contributed by atoms with Crippen molar-refractivity contribution >= 4 is 35.3 Å². The van der Waals surface area contributed by atoms with Crippen LogP contribution in [0.15, 0.2) is 85.7 Å². The van der Waals surface area contributed by atoms with Gasteiger partial charge in [0.05, 0.1) is 6.33 Å². The van der Waals surface area contributed by atoms with Crippen molar-refractivity contribution in [2.75, 3.05) is 12.0 Å². The van der Waals surface area contributed by atoms with E-state index < -0.39 is 17.9 Å². The molecule has 0 saturated heterocycles. The van der Waals surface area contributed by atoms with Gasteiger partial charge in [-0.05, 0) is 77.1 Å². The number of carbonyl (C=O) groups is 2. The van der Waals surface area contributed by atoms with Gasteiger partial charge in [-0.25, -0.2) is 14.2 Å². The molecule has 7 nitrogen and oxygen atoms in total. The minimum atomic E-state index is -1.07. The van der Waals surface area contributed by atoms with E-state index in [2.05, 4.69) is 15.3 Å². The third-order valence-corrected chi connectivity index (χ3v) is 6.59. The lowest BCUT2D eigenvalue weighted by Gasteiger charge is -2.17. The minimum Gasteiger partial charge on any atom is -0.480 e. The highest BCUT2D eigenvalue weighted by molar-refractivity contribution is 7.98. The molecule has 2 N–H and O–H groups in total. The molecule has 2 aromatic carbocycles. The first-order valence-corrected chi connectivity index (χ1v) is 13.3. The number of benzene rings is 2. The average Bonchev–Trinajstić information content (AvgIpc) is 3.44. The highest BCUT2D eigenvalue weighted by Crippen LogP contribution is 2.28. The molecular weight excluding hydrogens is 503 g/mol. The number of carboxylic acid groups (broad SMARTS) is 1. The molecule has 194 valence electrons. The Hall–Kier alpha value is -4.24. The van der Waals surface area contributed by atoms with Crippen LogP contribution in [-0.4, -0.2) is 49.6 Å². The van der Waals surface area contributed by atoms with Crippen molar-refractivity contribution in [1.29, 1.82) is 0 Å². The van der Waals surface area contributed by atoms with E-state index in [9.17, 15) is 19.1 Å². The molecule has 4 rings (SSSR count). The molecule has 0 aliphatic carbocycles. The Kier molecular flexibility index (Phi) is 9.05. The lowest BCUT2D eigenvalue weighted by Crippen LogP contribution is -2.41. The molecule has 2 aromatic heterocycles. The predicted molar refractivity (Wildman–Crippen MR) is 148 cm³/mol. The second-order valence-electron chi connectivity index (χ2n) is 8.60. The van der Waals surface area contributed by atoms with Crippen molar-refractivity contribution in [1.82, 2.24) is 19.9 Å².